The quantitative estimate of drug-likeness (QED) is 0.0300. The molecule has 4 heterocycles. The third-order valence-electron chi connectivity index (χ3n) is 17.7. The van der Waals surface area contributed by atoms with Gasteiger partial charge in [0.15, 0.2) is 12.2 Å². The molecule has 5 aromatic carbocycles. The summed E-state index contributed by atoms with van der Waals surface area (Å²) >= 11 is 0. The Bertz CT molecular complexity index is 3340. The van der Waals surface area contributed by atoms with Gasteiger partial charge in [-0.2, -0.15) is 0 Å². The number of carbonyl (C=O) groups is 2. The molecule has 3 aliphatic heterocycles. The topological polar surface area (TPSA) is 182 Å². The summed E-state index contributed by atoms with van der Waals surface area (Å²) in [6, 6.07) is 39.2. The molecule has 12 heteroatoms. The molecule has 0 unspecified atom stereocenters. The molecule has 1 fully saturated rings. The van der Waals surface area contributed by atoms with Crippen LogP contribution in [0, 0.1) is 17.8 Å². The fourth-order valence-corrected chi connectivity index (χ4v) is 13.6. The second kappa shape index (κ2) is 22.8. The normalized spacial score (nSPS) is 26.6. The van der Waals surface area contributed by atoms with Crippen molar-refractivity contribution in [3.05, 3.63) is 211 Å². The van der Waals surface area contributed by atoms with E-state index in [0.717, 1.165) is 28.7 Å². The zero-order valence-corrected chi connectivity index (χ0v) is 44.2. The highest BCUT2D eigenvalue weighted by Gasteiger charge is 2.59. The highest BCUT2D eigenvalue weighted by molar-refractivity contribution is 5.90. The number of fused-ring (bicyclic) bond motifs is 14. The lowest BCUT2D eigenvalue weighted by atomic mass is 9.72. The molecule has 3 aliphatic carbocycles. The lowest BCUT2D eigenvalue weighted by Gasteiger charge is -2.48. The Hall–Kier alpha value is -6.93. The summed E-state index contributed by atoms with van der Waals surface area (Å²) in [7, 11) is 0. The summed E-state index contributed by atoms with van der Waals surface area (Å²) in [5, 5.41) is 41.8. The molecule has 2 bridgehead atoms. The van der Waals surface area contributed by atoms with E-state index >= 15 is 9.59 Å². The second-order valence-electron chi connectivity index (χ2n) is 22.2. The van der Waals surface area contributed by atoms with Crippen molar-refractivity contribution in [1.29, 1.82) is 0 Å². The number of allylic oxidation sites excluding steroid dienone is 3. The van der Waals surface area contributed by atoms with Gasteiger partial charge in [-0.05, 0) is 139 Å². The van der Waals surface area contributed by atoms with Gasteiger partial charge in [0.2, 0.25) is 0 Å². The van der Waals surface area contributed by atoms with Gasteiger partial charge in [0.05, 0.1) is 25.4 Å². The number of carbonyl (C=O) groups excluding carboxylic acids is 2. The number of aryl methyl sites for hydroxylation is 1. The molecule has 10 atom stereocenters. The van der Waals surface area contributed by atoms with Crippen LogP contribution < -0.4 is 10.4 Å². The van der Waals surface area contributed by atoms with E-state index in [0.29, 0.717) is 36.6 Å². The maximum absolute atomic E-state index is 15.5. The minimum Gasteiger partial charge on any atom is -0.483 e. The third-order valence-corrected chi connectivity index (χ3v) is 17.7. The van der Waals surface area contributed by atoms with E-state index in [1.807, 2.05) is 19.1 Å². The molecule has 0 spiro atoms. The average molecular weight is 1050 g/mol. The molecule has 1 aromatic heterocycles. The standard InChI is InChI=1S/C66H68O12/c1-39(35-68)51-23-17-40-15-18-44(19-16-40)52-24-22-46(45-13-8-11-42(30-45)29-41-9-4-3-5-10-41)31-49(52)33-58(71)75-62-60-57(26-25-54-56(36-69)59(65(73)76-61(54)60)48(27-28-67)37-74-38-70)78-66(2,63(62)77-64(51)72)50-32-47-21-20-43-12-6-7-14-53(43)55(47)34-50/h3-16,18-22,24-26,30,46-50,52,55,62-63,67-70H,17,23,27-29,31-38H2,1-2H3/b51-39-/t46-,47+,48-,49+,50-,52+,55-,62-,63+,66+/m1/s1. The minimum atomic E-state index is -1.40. The van der Waals surface area contributed by atoms with Crippen molar-refractivity contribution in [2.75, 3.05) is 26.6 Å². The van der Waals surface area contributed by atoms with Crippen molar-refractivity contribution in [1.82, 2.24) is 0 Å². The summed E-state index contributed by atoms with van der Waals surface area (Å²) in [5.74, 6) is -2.13. The molecule has 6 aromatic rings. The van der Waals surface area contributed by atoms with Crippen LogP contribution in [0.15, 0.2) is 154 Å². The Morgan fingerprint density at radius 1 is 0.795 bits per heavy atom. The van der Waals surface area contributed by atoms with E-state index in [1.54, 1.807) is 19.1 Å². The fraction of sp³-hybridized carbons (Fsp3) is 0.379. The molecule has 6 aliphatic rings. The average Bonchev–Trinajstić information content (AvgIpc) is 4.08. The van der Waals surface area contributed by atoms with Crippen molar-refractivity contribution in [3.63, 3.8) is 0 Å². The van der Waals surface area contributed by atoms with Crippen LogP contribution in [0.3, 0.4) is 0 Å². The molecule has 78 heavy (non-hydrogen) atoms. The van der Waals surface area contributed by atoms with Crippen molar-refractivity contribution >= 4 is 29.0 Å². The smallest absolute Gasteiger partial charge is 0.340 e. The van der Waals surface area contributed by atoms with Gasteiger partial charge in [-0.15, -0.1) is 0 Å². The van der Waals surface area contributed by atoms with Crippen LogP contribution in [0.5, 0.6) is 5.75 Å². The zero-order chi connectivity index (χ0) is 54.1. The zero-order valence-electron chi connectivity index (χ0n) is 44.2. The number of aliphatic hydroxyl groups is 4. The van der Waals surface area contributed by atoms with E-state index in [-0.39, 0.29) is 102 Å². The fourth-order valence-electron chi connectivity index (χ4n) is 13.6. The predicted octanol–water partition coefficient (Wildman–Crippen LogP) is 10.6. The number of esters is 2. The van der Waals surface area contributed by atoms with E-state index in [1.165, 1.54) is 16.7 Å². The largest absolute Gasteiger partial charge is 0.483 e. The van der Waals surface area contributed by atoms with Gasteiger partial charge in [0, 0.05) is 53.2 Å². The first-order chi connectivity index (χ1) is 38.0. The Labute approximate surface area is 454 Å². The Morgan fingerprint density at radius 3 is 2.37 bits per heavy atom. The number of rotatable bonds is 12. The maximum atomic E-state index is 15.5. The number of hydrogen-bond donors (Lipinski definition) is 4. The maximum Gasteiger partial charge on any atom is 0.340 e. The molecular formula is C66H68O12. The van der Waals surface area contributed by atoms with E-state index in [4.69, 9.17) is 23.4 Å². The van der Waals surface area contributed by atoms with Gasteiger partial charge in [-0.3, -0.25) is 4.79 Å². The Balaban J connectivity index is 1.06. The summed E-state index contributed by atoms with van der Waals surface area (Å²) in [6.45, 7) is 1.55. The molecule has 12 rings (SSSR count). The number of aliphatic hydroxyl groups excluding tert-OH is 4. The van der Waals surface area contributed by atoms with E-state index < -0.39 is 61.3 Å². The van der Waals surface area contributed by atoms with Crippen molar-refractivity contribution in [2.45, 2.75) is 113 Å². The van der Waals surface area contributed by atoms with E-state index in [2.05, 4.69) is 115 Å². The number of benzene rings is 5. The first-order valence-corrected chi connectivity index (χ1v) is 27.6. The first kappa shape index (κ1) is 53.1. The molecule has 12 nitrogen and oxygen atoms in total. The Morgan fingerprint density at radius 2 is 1.59 bits per heavy atom. The summed E-state index contributed by atoms with van der Waals surface area (Å²) in [6.07, 6.45) is 9.71. The Kier molecular flexibility index (Phi) is 15.5. The first-order valence-electron chi connectivity index (χ1n) is 27.6. The lowest BCUT2D eigenvalue weighted by molar-refractivity contribution is -0.199. The van der Waals surface area contributed by atoms with Crippen LogP contribution >= 0.6 is 0 Å². The molecular weight excluding hydrogens is 985 g/mol. The number of ether oxygens (including phenoxy) is 4. The van der Waals surface area contributed by atoms with Gasteiger partial charge in [0.25, 0.3) is 0 Å². The van der Waals surface area contributed by atoms with Crippen molar-refractivity contribution in [2.24, 2.45) is 17.8 Å². The molecule has 1 saturated carbocycles. The SMILES string of the molecule is C/C(CO)=C1\CCc2ccc(cc2)[C@@H]2C=C[C@@H](c3cccc(Cc4ccccc4)c3)C[C@H]2CC(=O)O[C@@H]2c3c(ccc4c(CO)c([C@H](CCO)COCO)c(=O)oc34)O[C@@](C)([C@@H]3C[C@@H]4C=Cc5ccccc5[C@@H]4C3)[C@H]2OC1=O. The second-order valence-corrected chi connectivity index (χ2v) is 22.2. The van der Waals surface area contributed by atoms with Crippen LogP contribution in [0.25, 0.3) is 17.0 Å². The molecule has 0 saturated heterocycles. The number of hydrogen-bond acceptors (Lipinski definition) is 12. The van der Waals surface area contributed by atoms with Crippen molar-refractivity contribution in [3.8, 4) is 5.75 Å². The molecule has 0 amide bonds. The van der Waals surface area contributed by atoms with Gasteiger partial charge in [-0.25, -0.2) is 9.59 Å². The van der Waals surface area contributed by atoms with Crippen LogP contribution in [0.4, 0.5) is 0 Å². The van der Waals surface area contributed by atoms with Crippen LogP contribution in [-0.4, -0.2) is 70.7 Å². The summed E-state index contributed by atoms with van der Waals surface area (Å²) < 4.78 is 32.9. The lowest BCUT2D eigenvalue weighted by Crippen LogP contribution is -2.58. The highest BCUT2D eigenvalue weighted by atomic mass is 16.6. The summed E-state index contributed by atoms with van der Waals surface area (Å²) in [5.41, 5.74) is 6.97. The molecule has 4 N–H and O–H groups in total. The predicted molar refractivity (Wildman–Crippen MR) is 296 cm³/mol. The summed E-state index contributed by atoms with van der Waals surface area (Å²) in [4.78, 5) is 45.3. The van der Waals surface area contributed by atoms with Gasteiger partial charge >= 0.3 is 17.6 Å². The minimum absolute atomic E-state index is 0.00717. The van der Waals surface area contributed by atoms with Gasteiger partial charge < -0.3 is 43.8 Å². The third kappa shape index (κ3) is 10.3. The molecule has 404 valence electrons. The van der Waals surface area contributed by atoms with Gasteiger partial charge in [-0.1, -0.05) is 127 Å². The van der Waals surface area contributed by atoms with Crippen molar-refractivity contribution < 1.29 is 53.4 Å². The van der Waals surface area contributed by atoms with Crippen LogP contribution in [0.2, 0.25) is 0 Å². The van der Waals surface area contributed by atoms with Crippen LogP contribution in [0.1, 0.15) is 138 Å². The van der Waals surface area contributed by atoms with Crippen LogP contribution in [-0.2, 0) is 43.2 Å². The molecule has 0 radical (unpaired) electrons. The highest BCUT2D eigenvalue weighted by Crippen LogP contribution is 2.57. The van der Waals surface area contributed by atoms with Gasteiger partial charge in [0.1, 0.15) is 23.7 Å². The van der Waals surface area contributed by atoms with E-state index in [9.17, 15) is 25.2 Å². The monoisotopic (exact) mass is 1050 g/mol.